The van der Waals surface area contributed by atoms with Gasteiger partial charge in [0.15, 0.2) is 0 Å². The molecule has 0 saturated carbocycles. The maximum atomic E-state index is 11.9. The Morgan fingerprint density at radius 3 is 2.78 bits per heavy atom. The van der Waals surface area contributed by atoms with E-state index in [1.54, 1.807) is 0 Å². The third-order valence-electron chi connectivity index (χ3n) is 4.37. The fraction of sp³-hybridized carbons (Fsp3) is 0.611. The second-order valence-corrected chi connectivity index (χ2v) is 5.87. The van der Waals surface area contributed by atoms with Crippen molar-refractivity contribution in [1.82, 2.24) is 9.80 Å². The van der Waals surface area contributed by atoms with Gasteiger partial charge in [0.2, 0.25) is 5.91 Å². The van der Waals surface area contributed by atoms with Gasteiger partial charge < -0.3 is 14.7 Å². The monoisotopic (exact) mass is 320 g/mol. The molecule has 23 heavy (non-hydrogen) atoms. The summed E-state index contributed by atoms with van der Waals surface area (Å²) in [6.07, 6.45) is 1.23. The fourth-order valence-electron chi connectivity index (χ4n) is 3.12. The minimum absolute atomic E-state index is 0.141. The van der Waals surface area contributed by atoms with E-state index in [0.717, 1.165) is 30.9 Å². The normalized spacial score (nSPS) is 18.9. The largest absolute Gasteiger partial charge is 0.494 e. The molecule has 0 bridgehead atoms. The van der Waals surface area contributed by atoms with E-state index in [1.165, 1.54) is 0 Å². The van der Waals surface area contributed by atoms with E-state index < -0.39 is 0 Å². The lowest BCUT2D eigenvalue weighted by atomic mass is 10.1. The molecule has 1 heterocycles. The number of amides is 1. The molecular formula is C18H28N2O3. The van der Waals surface area contributed by atoms with Crippen LogP contribution in [0.5, 0.6) is 5.75 Å². The Morgan fingerprint density at radius 2 is 2.09 bits per heavy atom. The fourth-order valence-corrected chi connectivity index (χ4v) is 3.12. The molecule has 1 fully saturated rings. The van der Waals surface area contributed by atoms with Crippen molar-refractivity contribution in [3.63, 3.8) is 0 Å². The van der Waals surface area contributed by atoms with Crippen LogP contribution in [0.3, 0.4) is 0 Å². The first-order valence-corrected chi connectivity index (χ1v) is 8.53. The number of nitrogens with zero attached hydrogens (tertiary/aromatic N) is 2. The van der Waals surface area contributed by atoms with Gasteiger partial charge in [0, 0.05) is 50.8 Å². The number of rotatable bonds is 7. The van der Waals surface area contributed by atoms with E-state index in [4.69, 9.17) is 4.74 Å². The molecule has 1 aliphatic heterocycles. The van der Waals surface area contributed by atoms with Crippen LogP contribution in [0, 0.1) is 0 Å². The van der Waals surface area contributed by atoms with Crippen molar-refractivity contribution >= 4 is 5.91 Å². The van der Waals surface area contributed by atoms with Crippen LogP contribution in [0.2, 0.25) is 0 Å². The Kier molecular flexibility index (Phi) is 6.86. The number of hydrogen-bond donors (Lipinski definition) is 1. The highest BCUT2D eigenvalue weighted by Crippen LogP contribution is 2.23. The lowest BCUT2D eigenvalue weighted by Gasteiger charge is -2.41. The maximum Gasteiger partial charge on any atom is 0.222 e. The number of piperazine rings is 1. The standard InChI is InChI=1S/C18H28N2O3/c1-3-18(22)20-11-10-19(16(14-20)9-12-21)13-15-7-5-6-8-17(15)23-4-2/h5-8,16,21H,3-4,9-14H2,1-2H3. The number of ether oxygens (including phenoxy) is 1. The average Bonchev–Trinajstić information content (AvgIpc) is 2.58. The highest BCUT2D eigenvalue weighted by atomic mass is 16.5. The van der Waals surface area contributed by atoms with E-state index in [1.807, 2.05) is 36.9 Å². The predicted octanol–water partition coefficient (Wildman–Crippen LogP) is 1.89. The van der Waals surface area contributed by atoms with Gasteiger partial charge in [-0.25, -0.2) is 0 Å². The zero-order chi connectivity index (χ0) is 16.7. The van der Waals surface area contributed by atoms with Crippen LogP contribution in [0.25, 0.3) is 0 Å². The molecule has 1 aromatic rings. The predicted molar refractivity (Wildman–Crippen MR) is 90.4 cm³/mol. The number of aliphatic hydroxyl groups excluding tert-OH is 1. The first-order chi connectivity index (χ1) is 11.2. The molecule has 1 N–H and O–H groups in total. The summed E-state index contributed by atoms with van der Waals surface area (Å²) in [6, 6.07) is 8.29. The van der Waals surface area contributed by atoms with E-state index in [-0.39, 0.29) is 18.6 Å². The van der Waals surface area contributed by atoms with Crippen molar-refractivity contribution in [2.45, 2.75) is 39.3 Å². The van der Waals surface area contributed by atoms with Crippen LogP contribution in [-0.4, -0.2) is 59.7 Å². The molecule has 1 amide bonds. The lowest BCUT2D eigenvalue weighted by Crippen LogP contribution is -2.54. The van der Waals surface area contributed by atoms with Gasteiger partial charge >= 0.3 is 0 Å². The van der Waals surface area contributed by atoms with Gasteiger partial charge in [-0.2, -0.15) is 0 Å². The second kappa shape index (κ2) is 8.89. The SMILES string of the molecule is CCOc1ccccc1CN1CCN(C(=O)CC)CC1CCO. The van der Waals surface area contributed by atoms with Gasteiger partial charge in [-0.05, 0) is 19.4 Å². The topological polar surface area (TPSA) is 53.0 Å². The number of benzene rings is 1. The number of para-hydroxylation sites is 1. The molecule has 1 saturated heterocycles. The third kappa shape index (κ3) is 4.69. The van der Waals surface area contributed by atoms with Gasteiger partial charge in [0.05, 0.1) is 6.61 Å². The average molecular weight is 320 g/mol. The maximum absolute atomic E-state index is 11.9. The summed E-state index contributed by atoms with van der Waals surface area (Å²) in [4.78, 5) is 16.2. The van der Waals surface area contributed by atoms with E-state index >= 15 is 0 Å². The smallest absolute Gasteiger partial charge is 0.222 e. The summed E-state index contributed by atoms with van der Waals surface area (Å²) in [5, 5.41) is 9.37. The molecule has 1 aliphatic rings. The molecule has 0 aliphatic carbocycles. The lowest BCUT2D eigenvalue weighted by molar-refractivity contribution is -0.134. The Bertz CT molecular complexity index is 507. The minimum Gasteiger partial charge on any atom is -0.494 e. The highest BCUT2D eigenvalue weighted by molar-refractivity contribution is 5.76. The number of carbonyl (C=O) groups excluding carboxylic acids is 1. The zero-order valence-corrected chi connectivity index (χ0v) is 14.2. The molecule has 2 rings (SSSR count). The van der Waals surface area contributed by atoms with Crippen LogP contribution >= 0.6 is 0 Å². The molecule has 0 aromatic heterocycles. The van der Waals surface area contributed by atoms with Crippen molar-refractivity contribution in [2.24, 2.45) is 0 Å². The molecule has 1 unspecified atom stereocenters. The van der Waals surface area contributed by atoms with E-state index in [0.29, 0.717) is 26.0 Å². The summed E-state index contributed by atoms with van der Waals surface area (Å²) in [5.74, 6) is 1.12. The second-order valence-electron chi connectivity index (χ2n) is 5.87. The zero-order valence-electron chi connectivity index (χ0n) is 14.2. The van der Waals surface area contributed by atoms with Crippen LogP contribution in [0.15, 0.2) is 24.3 Å². The molecule has 5 nitrogen and oxygen atoms in total. The van der Waals surface area contributed by atoms with Gasteiger partial charge in [0.1, 0.15) is 5.75 Å². The summed E-state index contributed by atoms with van der Waals surface area (Å²) in [6.45, 7) is 7.74. The molecule has 0 spiro atoms. The Labute approximate surface area is 138 Å². The van der Waals surface area contributed by atoms with Gasteiger partial charge in [-0.3, -0.25) is 9.69 Å². The first-order valence-electron chi connectivity index (χ1n) is 8.53. The van der Waals surface area contributed by atoms with Gasteiger partial charge in [-0.1, -0.05) is 25.1 Å². The summed E-state index contributed by atoms with van der Waals surface area (Å²) in [7, 11) is 0. The number of carbonyl (C=O) groups is 1. The Balaban J connectivity index is 2.08. The molecule has 1 aromatic carbocycles. The summed E-state index contributed by atoms with van der Waals surface area (Å²) in [5.41, 5.74) is 1.16. The molecular weight excluding hydrogens is 292 g/mol. The quantitative estimate of drug-likeness (QED) is 0.833. The van der Waals surface area contributed by atoms with Gasteiger partial charge in [0.25, 0.3) is 0 Å². The van der Waals surface area contributed by atoms with Crippen LogP contribution in [0.1, 0.15) is 32.3 Å². The number of hydrogen-bond acceptors (Lipinski definition) is 4. The van der Waals surface area contributed by atoms with Gasteiger partial charge in [-0.15, -0.1) is 0 Å². The van der Waals surface area contributed by atoms with Crippen molar-refractivity contribution in [3.05, 3.63) is 29.8 Å². The first kappa shape index (κ1) is 17.8. The summed E-state index contributed by atoms with van der Waals surface area (Å²) >= 11 is 0. The molecule has 0 radical (unpaired) electrons. The minimum atomic E-state index is 0.141. The third-order valence-corrected chi connectivity index (χ3v) is 4.37. The van der Waals surface area contributed by atoms with Crippen molar-refractivity contribution in [1.29, 1.82) is 0 Å². The van der Waals surface area contributed by atoms with Crippen molar-refractivity contribution in [3.8, 4) is 5.75 Å². The number of aliphatic hydroxyl groups is 1. The molecule has 1 atom stereocenters. The molecule has 128 valence electrons. The Hall–Kier alpha value is -1.59. The van der Waals surface area contributed by atoms with Crippen LogP contribution in [0.4, 0.5) is 0 Å². The highest BCUT2D eigenvalue weighted by Gasteiger charge is 2.29. The Morgan fingerprint density at radius 1 is 1.30 bits per heavy atom. The van der Waals surface area contributed by atoms with E-state index in [9.17, 15) is 9.90 Å². The van der Waals surface area contributed by atoms with Crippen molar-refractivity contribution in [2.75, 3.05) is 32.8 Å². The summed E-state index contributed by atoms with van der Waals surface area (Å²) < 4.78 is 5.71. The van der Waals surface area contributed by atoms with Crippen LogP contribution < -0.4 is 4.74 Å². The molecule has 5 heteroatoms. The van der Waals surface area contributed by atoms with E-state index in [2.05, 4.69) is 11.0 Å². The van der Waals surface area contributed by atoms with Crippen LogP contribution in [-0.2, 0) is 11.3 Å². The van der Waals surface area contributed by atoms with Crippen molar-refractivity contribution < 1.29 is 14.6 Å².